The van der Waals surface area contributed by atoms with Crippen molar-refractivity contribution in [2.45, 2.75) is 72.9 Å². The molecule has 2 aliphatic rings. The average molecular weight is 526 g/mol. The van der Waals surface area contributed by atoms with Crippen LogP contribution in [-0.4, -0.2) is 66.6 Å². The standard InChI is InChI=1S/C24H35N3O8S/c1-14-7-8-16(15(2)19(14)21(29)30)11-23(3,4)24(5,6)13-34-36(32,33)35-27-17-9-10-18(20(25)28)26(12-17)22(27)31/h7-8,17-18H,9-13H2,1-6H3,(H2,25,28)(H,29,30)/t17-,18+/m1/s1. The number of piperidine rings is 1. The van der Waals surface area contributed by atoms with E-state index >= 15 is 0 Å². The second-order valence-corrected chi connectivity index (χ2v) is 12.1. The minimum atomic E-state index is -4.59. The zero-order valence-electron chi connectivity index (χ0n) is 21.5. The van der Waals surface area contributed by atoms with Crippen molar-refractivity contribution in [3.63, 3.8) is 0 Å². The summed E-state index contributed by atoms with van der Waals surface area (Å²) in [5.41, 5.74) is 6.60. The maximum atomic E-state index is 12.7. The topological polar surface area (TPSA) is 157 Å². The number of hydroxylamine groups is 2. The predicted octanol–water partition coefficient (Wildman–Crippen LogP) is 2.54. The van der Waals surface area contributed by atoms with E-state index in [1.165, 1.54) is 4.90 Å². The molecule has 2 bridgehead atoms. The number of carbonyl (C=O) groups is 3. The Morgan fingerprint density at radius 2 is 1.78 bits per heavy atom. The van der Waals surface area contributed by atoms with Gasteiger partial charge in [0.05, 0.1) is 18.2 Å². The molecular weight excluding hydrogens is 490 g/mol. The number of benzene rings is 1. The molecule has 2 atom stereocenters. The number of fused-ring (bicyclic) bond motifs is 2. The van der Waals surface area contributed by atoms with Crippen LogP contribution in [0.3, 0.4) is 0 Å². The number of primary amides is 1. The van der Waals surface area contributed by atoms with E-state index in [1.54, 1.807) is 19.9 Å². The number of hydrogen-bond acceptors (Lipinski definition) is 7. The Labute approximate surface area is 211 Å². The monoisotopic (exact) mass is 525 g/mol. The van der Waals surface area contributed by atoms with Crippen LogP contribution in [-0.2, 0) is 30.1 Å². The van der Waals surface area contributed by atoms with Gasteiger partial charge in [-0.15, -0.1) is 4.28 Å². The molecule has 0 saturated carbocycles. The lowest BCUT2D eigenvalue weighted by atomic mass is 9.65. The molecule has 1 aromatic carbocycles. The zero-order chi connectivity index (χ0) is 27.2. The molecule has 2 saturated heterocycles. The van der Waals surface area contributed by atoms with E-state index in [9.17, 15) is 27.9 Å². The first-order valence-corrected chi connectivity index (χ1v) is 13.1. The fourth-order valence-electron chi connectivity index (χ4n) is 4.69. The minimum absolute atomic E-state index is 0.148. The lowest BCUT2D eigenvalue weighted by molar-refractivity contribution is -0.122. The molecule has 0 aliphatic carbocycles. The predicted molar refractivity (Wildman–Crippen MR) is 130 cm³/mol. The summed E-state index contributed by atoms with van der Waals surface area (Å²) in [5, 5.41) is 10.3. The van der Waals surface area contributed by atoms with Gasteiger partial charge in [-0.25, -0.2) is 13.8 Å². The summed E-state index contributed by atoms with van der Waals surface area (Å²) in [6, 6.07) is 1.60. The number of urea groups is 1. The van der Waals surface area contributed by atoms with Crippen molar-refractivity contribution >= 4 is 28.3 Å². The molecule has 0 unspecified atom stereocenters. The first kappa shape index (κ1) is 27.9. The van der Waals surface area contributed by atoms with Gasteiger partial charge in [0.25, 0.3) is 0 Å². The minimum Gasteiger partial charge on any atom is -0.478 e. The number of carboxylic acids is 1. The van der Waals surface area contributed by atoms with Gasteiger partial charge in [0.1, 0.15) is 6.04 Å². The maximum absolute atomic E-state index is 12.7. The maximum Gasteiger partial charge on any atom is 0.421 e. The third-order valence-electron chi connectivity index (χ3n) is 7.85. The number of carbonyl (C=O) groups excluding carboxylic acids is 2. The van der Waals surface area contributed by atoms with Crippen molar-refractivity contribution in [3.05, 3.63) is 34.4 Å². The highest BCUT2D eigenvalue weighted by Crippen LogP contribution is 2.43. The van der Waals surface area contributed by atoms with Crippen molar-refractivity contribution in [2.24, 2.45) is 16.6 Å². The Bertz CT molecular complexity index is 1180. The van der Waals surface area contributed by atoms with E-state index in [2.05, 4.69) is 0 Å². The Hall–Kier alpha value is -2.70. The van der Waals surface area contributed by atoms with Crippen LogP contribution < -0.4 is 5.73 Å². The van der Waals surface area contributed by atoms with Gasteiger partial charge in [-0.05, 0) is 60.6 Å². The summed E-state index contributed by atoms with van der Waals surface area (Å²) in [6.07, 6.45) is 1.18. The molecule has 2 aliphatic heterocycles. The molecule has 0 radical (unpaired) electrons. The number of carboxylic acid groups (broad SMARTS) is 1. The number of amides is 3. The first-order chi connectivity index (χ1) is 16.5. The SMILES string of the molecule is Cc1ccc(CC(C)(C)C(C)(C)COS(=O)(=O)ON2C(=O)N3C[C@H]2CC[C@H]3C(N)=O)c(C)c1C(=O)O. The number of rotatable bonds is 10. The molecule has 0 spiro atoms. The molecule has 3 N–H and O–H groups in total. The Balaban J connectivity index is 1.69. The number of nitrogens with zero attached hydrogens (tertiary/aromatic N) is 2. The molecule has 2 fully saturated rings. The second kappa shape index (κ2) is 9.64. The van der Waals surface area contributed by atoms with Gasteiger partial charge in [0.2, 0.25) is 5.91 Å². The lowest BCUT2D eigenvalue weighted by Crippen LogP contribution is -2.47. The van der Waals surface area contributed by atoms with E-state index in [-0.39, 0.29) is 18.7 Å². The van der Waals surface area contributed by atoms with E-state index in [4.69, 9.17) is 14.2 Å². The molecule has 200 valence electrons. The molecular formula is C24H35N3O8S. The van der Waals surface area contributed by atoms with Gasteiger partial charge in [0, 0.05) is 6.54 Å². The molecule has 36 heavy (non-hydrogen) atoms. The van der Waals surface area contributed by atoms with Crippen LogP contribution in [0.1, 0.15) is 67.6 Å². The van der Waals surface area contributed by atoms with Gasteiger partial charge in [-0.1, -0.05) is 39.8 Å². The summed E-state index contributed by atoms with van der Waals surface area (Å²) >= 11 is 0. The largest absolute Gasteiger partial charge is 0.478 e. The van der Waals surface area contributed by atoms with Gasteiger partial charge >= 0.3 is 22.4 Å². The summed E-state index contributed by atoms with van der Waals surface area (Å²) < 4.78 is 35.6. The molecule has 11 nitrogen and oxygen atoms in total. The number of nitrogens with two attached hydrogens (primary N) is 1. The van der Waals surface area contributed by atoms with Crippen LogP contribution in [0.25, 0.3) is 0 Å². The zero-order valence-corrected chi connectivity index (χ0v) is 22.3. The molecule has 3 amide bonds. The van der Waals surface area contributed by atoms with E-state index in [1.807, 2.05) is 33.8 Å². The van der Waals surface area contributed by atoms with Crippen molar-refractivity contribution in [1.82, 2.24) is 9.96 Å². The van der Waals surface area contributed by atoms with Crippen LogP contribution in [0, 0.1) is 24.7 Å². The first-order valence-electron chi connectivity index (χ1n) is 11.8. The smallest absolute Gasteiger partial charge is 0.421 e. The van der Waals surface area contributed by atoms with Crippen LogP contribution in [0.5, 0.6) is 0 Å². The Kier molecular flexibility index (Phi) is 7.46. The van der Waals surface area contributed by atoms with Gasteiger partial charge in [-0.2, -0.15) is 13.5 Å². The van der Waals surface area contributed by atoms with Crippen molar-refractivity contribution in [3.8, 4) is 0 Å². The molecule has 3 rings (SSSR count). The van der Waals surface area contributed by atoms with E-state index in [0.29, 0.717) is 30.4 Å². The van der Waals surface area contributed by atoms with Crippen molar-refractivity contribution in [2.75, 3.05) is 13.2 Å². The number of aromatic carboxylic acids is 1. The van der Waals surface area contributed by atoms with Crippen molar-refractivity contribution in [1.29, 1.82) is 0 Å². The van der Waals surface area contributed by atoms with Crippen LogP contribution >= 0.6 is 0 Å². The highest BCUT2D eigenvalue weighted by Gasteiger charge is 2.49. The molecule has 1 aromatic rings. The summed E-state index contributed by atoms with van der Waals surface area (Å²) in [6.45, 7) is 11.0. The highest BCUT2D eigenvalue weighted by molar-refractivity contribution is 7.81. The highest BCUT2D eigenvalue weighted by atomic mass is 32.3. The van der Waals surface area contributed by atoms with E-state index < -0.39 is 51.2 Å². The quantitative estimate of drug-likeness (QED) is 0.472. The molecule has 2 heterocycles. The second-order valence-electron chi connectivity index (χ2n) is 10.9. The lowest BCUT2D eigenvalue weighted by Gasteiger charge is -2.41. The van der Waals surface area contributed by atoms with Gasteiger partial charge < -0.3 is 15.7 Å². The van der Waals surface area contributed by atoms with Gasteiger partial charge in [0.15, 0.2) is 0 Å². The Morgan fingerprint density at radius 3 is 2.36 bits per heavy atom. The fraction of sp³-hybridized carbons (Fsp3) is 0.625. The number of aryl methyl sites for hydroxylation is 1. The summed E-state index contributed by atoms with van der Waals surface area (Å²) in [4.78, 5) is 37.2. The van der Waals surface area contributed by atoms with Crippen LogP contribution in [0.15, 0.2) is 12.1 Å². The Morgan fingerprint density at radius 1 is 1.14 bits per heavy atom. The molecule has 0 aromatic heterocycles. The van der Waals surface area contributed by atoms with Gasteiger partial charge in [-0.3, -0.25) is 4.79 Å². The summed E-state index contributed by atoms with van der Waals surface area (Å²) in [5.74, 6) is -1.64. The third-order valence-corrected chi connectivity index (χ3v) is 8.60. The fourth-order valence-corrected chi connectivity index (χ4v) is 5.55. The third kappa shape index (κ3) is 5.35. The molecule has 12 heteroatoms. The number of hydrogen-bond donors (Lipinski definition) is 2. The summed E-state index contributed by atoms with van der Waals surface area (Å²) in [7, 11) is -4.59. The van der Waals surface area contributed by atoms with E-state index in [0.717, 1.165) is 10.6 Å². The van der Waals surface area contributed by atoms with Crippen molar-refractivity contribution < 1.29 is 36.4 Å². The normalized spacial score (nSPS) is 20.7. The average Bonchev–Trinajstić information content (AvgIpc) is 2.98. The van der Waals surface area contributed by atoms with Crippen LogP contribution in [0.4, 0.5) is 4.79 Å². The van der Waals surface area contributed by atoms with Crippen LogP contribution in [0.2, 0.25) is 0 Å².